The van der Waals surface area contributed by atoms with Gasteiger partial charge in [0.25, 0.3) is 5.91 Å². The first-order chi connectivity index (χ1) is 12.1. The molecule has 0 unspecified atom stereocenters. The number of hydrogen-bond acceptors (Lipinski definition) is 3. The number of imidazole rings is 1. The number of nitrogens with one attached hydrogen (secondary N) is 3. The van der Waals surface area contributed by atoms with E-state index >= 15 is 0 Å². The molecule has 5 nitrogen and oxygen atoms in total. The molecule has 0 bridgehead atoms. The molecule has 8 heteroatoms. The van der Waals surface area contributed by atoms with Crippen molar-refractivity contribution in [1.82, 2.24) is 20.3 Å². The second-order valence-electron chi connectivity index (χ2n) is 5.41. The number of carbonyl (C=O) groups excluding carboxylic acids is 1. The number of aromatic nitrogens is 3. The van der Waals surface area contributed by atoms with Gasteiger partial charge in [-0.2, -0.15) is 0 Å². The molecule has 0 fully saturated rings. The van der Waals surface area contributed by atoms with Crippen LogP contribution in [0.3, 0.4) is 0 Å². The van der Waals surface area contributed by atoms with Crippen molar-refractivity contribution >= 4 is 39.7 Å². The summed E-state index contributed by atoms with van der Waals surface area (Å²) in [6.45, 7) is 0.226. The van der Waals surface area contributed by atoms with E-state index in [0.717, 1.165) is 10.6 Å². The van der Waals surface area contributed by atoms with Crippen LogP contribution in [0.2, 0.25) is 5.02 Å². The number of fused-ring (bicyclic) bond motifs is 1. The maximum absolute atomic E-state index is 13.3. The molecule has 1 aromatic carbocycles. The van der Waals surface area contributed by atoms with E-state index < -0.39 is 5.82 Å². The highest BCUT2D eigenvalue weighted by Gasteiger charge is 2.17. The molecule has 3 N–H and O–H groups in total. The fraction of sp³-hybridized carbons (Fsp3) is 0.0588. The molecule has 0 atom stereocenters. The number of rotatable bonds is 4. The molecule has 0 aliphatic carbocycles. The van der Waals surface area contributed by atoms with Crippen LogP contribution in [0, 0.1) is 5.82 Å². The molecule has 0 aliphatic heterocycles. The summed E-state index contributed by atoms with van der Waals surface area (Å²) >= 11 is 7.80. The van der Waals surface area contributed by atoms with E-state index in [9.17, 15) is 9.18 Å². The van der Waals surface area contributed by atoms with Gasteiger partial charge in [-0.1, -0.05) is 17.7 Å². The van der Waals surface area contributed by atoms with Crippen molar-refractivity contribution < 1.29 is 9.18 Å². The lowest BCUT2D eigenvalue weighted by atomic mass is 10.2. The van der Waals surface area contributed by atoms with Gasteiger partial charge < -0.3 is 15.3 Å². The molecule has 0 saturated heterocycles. The van der Waals surface area contributed by atoms with E-state index in [-0.39, 0.29) is 23.2 Å². The average molecular weight is 375 g/mol. The van der Waals surface area contributed by atoms with Crippen LogP contribution < -0.4 is 5.32 Å². The Labute approximate surface area is 150 Å². The zero-order valence-electron chi connectivity index (χ0n) is 12.8. The maximum atomic E-state index is 13.3. The van der Waals surface area contributed by atoms with Crippen LogP contribution in [0.25, 0.3) is 21.5 Å². The van der Waals surface area contributed by atoms with Gasteiger partial charge in [0, 0.05) is 10.9 Å². The zero-order chi connectivity index (χ0) is 17.4. The van der Waals surface area contributed by atoms with Crippen molar-refractivity contribution in [3.05, 3.63) is 64.3 Å². The van der Waals surface area contributed by atoms with Crippen LogP contribution in [0.1, 0.15) is 16.3 Å². The van der Waals surface area contributed by atoms with Crippen molar-refractivity contribution in [3.63, 3.8) is 0 Å². The summed E-state index contributed by atoms with van der Waals surface area (Å²) in [6, 6.07) is 8.11. The van der Waals surface area contributed by atoms with Crippen molar-refractivity contribution in [2.24, 2.45) is 0 Å². The molecule has 1 amide bonds. The predicted octanol–water partition coefficient (Wildman–Crippen LogP) is 4.34. The zero-order valence-corrected chi connectivity index (χ0v) is 14.3. The number of nitrogens with zero attached hydrogens (tertiary/aromatic N) is 1. The van der Waals surface area contributed by atoms with Gasteiger partial charge in [-0.25, -0.2) is 9.37 Å². The molecule has 0 saturated carbocycles. The maximum Gasteiger partial charge on any atom is 0.269 e. The molecule has 0 spiro atoms. The van der Waals surface area contributed by atoms with Crippen LogP contribution in [0.15, 0.2) is 41.9 Å². The summed E-state index contributed by atoms with van der Waals surface area (Å²) in [4.78, 5) is 23.8. The minimum Gasteiger partial charge on any atom is -0.349 e. The molecule has 4 aromatic rings. The number of halogens is 2. The van der Waals surface area contributed by atoms with Crippen molar-refractivity contribution in [2.45, 2.75) is 6.54 Å². The summed E-state index contributed by atoms with van der Waals surface area (Å²) in [5.41, 5.74) is 1.71. The van der Waals surface area contributed by atoms with Crippen LogP contribution in [0.5, 0.6) is 0 Å². The molecule has 3 heterocycles. The number of hydrogen-bond donors (Lipinski definition) is 3. The van der Waals surface area contributed by atoms with Gasteiger partial charge in [-0.3, -0.25) is 4.79 Å². The highest BCUT2D eigenvalue weighted by molar-refractivity contribution is 7.13. The highest BCUT2D eigenvalue weighted by atomic mass is 35.5. The van der Waals surface area contributed by atoms with E-state index in [4.69, 9.17) is 11.6 Å². The van der Waals surface area contributed by atoms with E-state index in [1.165, 1.54) is 12.1 Å². The van der Waals surface area contributed by atoms with Crippen molar-refractivity contribution in [3.8, 4) is 10.6 Å². The SMILES string of the molecule is O=C(NCc1ncc(-c2cccs2)[nH]1)c1[nH]c2ccc(F)cc2c1Cl. The Morgan fingerprint density at radius 2 is 2.20 bits per heavy atom. The number of benzene rings is 1. The molecule has 0 radical (unpaired) electrons. The van der Waals surface area contributed by atoms with Crippen LogP contribution in [-0.2, 0) is 6.54 Å². The lowest BCUT2D eigenvalue weighted by Gasteiger charge is -2.02. The molecule has 25 heavy (non-hydrogen) atoms. The molecule has 0 aliphatic rings. The Hall–Kier alpha value is -2.64. The monoisotopic (exact) mass is 374 g/mol. The Bertz CT molecular complexity index is 1050. The fourth-order valence-corrected chi connectivity index (χ4v) is 3.53. The normalized spacial score (nSPS) is 11.1. The minimum absolute atomic E-state index is 0.200. The number of carbonyl (C=O) groups is 1. The molecule has 4 rings (SSSR count). The summed E-state index contributed by atoms with van der Waals surface area (Å²) in [6.07, 6.45) is 1.73. The topological polar surface area (TPSA) is 73.6 Å². The number of thiophene rings is 1. The average Bonchev–Trinajstić information content (AvgIpc) is 3.33. The summed E-state index contributed by atoms with van der Waals surface area (Å²) in [5.74, 6) is -0.150. The lowest BCUT2D eigenvalue weighted by Crippen LogP contribution is -2.24. The summed E-state index contributed by atoms with van der Waals surface area (Å²) < 4.78 is 13.3. The third kappa shape index (κ3) is 3.04. The third-order valence-electron chi connectivity index (χ3n) is 3.76. The van der Waals surface area contributed by atoms with Crippen molar-refractivity contribution in [2.75, 3.05) is 0 Å². The van der Waals surface area contributed by atoms with Crippen LogP contribution in [-0.4, -0.2) is 20.9 Å². The van der Waals surface area contributed by atoms with E-state index in [1.807, 2.05) is 17.5 Å². The Balaban J connectivity index is 1.50. The third-order valence-corrected chi connectivity index (χ3v) is 5.05. The molecule has 3 aromatic heterocycles. The van der Waals surface area contributed by atoms with Crippen LogP contribution in [0.4, 0.5) is 4.39 Å². The Kier molecular flexibility index (Phi) is 4.03. The van der Waals surface area contributed by atoms with Gasteiger partial charge in [-0.05, 0) is 29.6 Å². The van der Waals surface area contributed by atoms with Gasteiger partial charge in [0.15, 0.2) is 0 Å². The standard InChI is InChI=1S/C17H12ClFN4OS/c18-15-10-6-9(19)3-4-11(10)23-16(15)17(24)21-8-14-20-7-12(22-14)13-2-1-5-25-13/h1-7,23H,8H2,(H,20,22)(H,21,24). The predicted molar refractivity (Wildman–Crippen MR) is 96.3 cm³/mol. The van der Waals surface area contributed by atoms with Crippen LogP contribution >= 0.6 is 22.9 Å². The largest absolute Gasteiger partial charge is 0.349 e. The van der Waals surface area contributed by atoms with Gasteiger partial charge in [0.05, 0.1) is 28.3 Å². The first-order valence-electron chi connectivity index (χ1n) is 7.44. The molecule has 126 valence electrons. The molecular formula is C17H12ClFN4OS. The van der Waals surface area contributed by atoms with Gasteiger partial charge >= 0.3 is 0 Å². The summed E-state index contributed by atoms with van der Waals surface area (Å²) in [5, 5.41) is 5.41. The van der Waals surface area contributed by atoms with Gasteiger partial charge in [0.2, 0.25) is 0 Å². The Morgan fingerprint density at radius 1 is 1.32 bits per heavy atom. The second-order valence-corrected chi connectivity index (χ2v) is 6.73. The summed E-state index contributed by atoms with van der Waals surface area (Å²) in [7, 11) is 0. The Morgan fingerprint density at radius 3 is 3.00 bits per heavy atom. The highest BCUT2D eigenvalue weighted by Crippen LogP contribution is 2.28. The molecular weight excluding hydrogens is 363 g/mol. The number of H-pyrrole nitrogens is 2. The van der Waals surface area contributed by atoms with E-state index in [1.54, 1.807) is 23.6 Å². The second kappa shape index (κ2) is 6.34. The quantitative estimate of drug-likeness (QED) is 0.497. The van der Waals surface area contributed by atoms with Gasteiger partial charge in [0.1, 0.15) is 17.3 Å². The van der Waals surface area contributed by atoms with E-state index in [0.29, 0.717) is 16.7 Å². The fourth-order valence-electron chi connectivity index (χ4n) is 2.55. The van der Waals surface area contributed by atoms with Gasteiger partial charge in [-0.15, -0.1) is 11.3 Å². The number of amides is 1. The van der Waals surface area contributed by atoms with E-state index in [2.05, 4.69) is 20.3 Å². The first-order valence-corrected chi connectivity index (χ1v) is 8.70. The number of aromatic amines is 2. The first kappa shape index (κ1) is 15.9. The lowest BCUT2D eigenvalue weighted by molar-refractivity contribution is 0.0946. The smallest absolute Gasteiger partial charge is 0.269 e. The van der Waals surface area contributed by atoms with Crippen molar-refractivity contribution in [1.29, 1.82) is 0 Å². The minimum atomic E-state index is -0.406.